The molecule has 0 spiro atoms. The molecule has 0 fully saturated rings. The Kier molecular flexibility index (Phi) is 22.2. The molecule has 4 heteroatoms. The second kappa shape index (κ2) is 21.7. The quantitative estimate of drug-likeness (QED) is 0.192. The zero-order valence-corrected chi connectivity index (χ0v) is 18.9. The number of hydrogen-bond acceptors (Lipinski definition) is 3. The number of carbonyl (C=O) groups excluding carboxylic acids is 2. The van der Waals surface area contributed by atoms with Crippen molar-refractivity contribution >= 4 is 11.9 Å². The van der Waals surface area contributed by atoms with Gasteiger partial charge in [0, 0.05) is 12.6 Å². The Bertz CT molecular complexity index is 405. The van der Waals surface area contributed by atoms with Crippen LogP contribution in [0.3, 0.4) is 0 Å². The first-order chi connectivity index (χ1) is 13.4. The largest absolute Gasteiger partial charge is 0.462 e. The Labute approximate surface area is 174 Å². The molecule has 4 nitrogen and oxygen atoms in total. The van der Waals surface area contributed by atoms with E-state index in [1.165, 1.54) is 57.1 Å². The summed E-state index contributed by atoms with van der Waals surface area (Å²) < 4.78 is 4.98. The summed E-state index contributed by atoms with van der Waals surface area (Å²) in [4.78, 5) is 21.6. The average Bonchev–Trinajstić information content (AvgIpc) is 2.69. The summed E-state index contributed by atoms with van der Waals surface area (Å²) in [6.07, 6.45) is 14.8. The van der Waals surface area contributed by atoms with Crippen molar-refractivity contribution in [2.24, 2.45) is 11.8 Å². The molecule has 0 aliphatic heterocycles. The minimum absolute atomic E-state index is 0.0604. The van der Waals surface area contributed by atoms with Gasteiger partial charge in [0.05, 0.1) is 6.61 Å². The lowest BCUT2D eigenvalue weighted by atomic mass is 10.0. The molecule has 1 atom stereocenters. The topological polar surface area (TPSA) is 55.4 Å². The summed E-state index contributed by atoms with van der Waals surface area (Å²) in [6.45, 7) is 16.9. The maximum atomic E-state index is 10.8. The van der Waals surface area contributed by atoms with Gasteiger partial charge >= 0.3 is 5.97 Å². The summed E-state index contributed by atoms with van der Waals surface area (Å²) in [5.74, 6) is 0.977. The van der Waals surface area contributed by atoms with E-state index in [-0.39, 0.29) is 11.9 Å². The number of nitrogens with one attached hydrogen (secondary N) is 1. The second-order valence-electron chi connectivity index (χ2n) is 7.70. The molecule has 0 rings (SSSR count). The lowest BCUT2D eigenvalue weighted by Crippen LogP contribution is -2.21. The molecule has 0 bridgehead atoms. The van der Waals surface area contributed by atoms with Crippen LogP contribution < -0.4 is 5.32 Å². The highest BCUT2D eigenvalue weighted by molar-refractivity contribution is 5.86. The number of esters is 1. The number of amides is 1. The van der Waals surface area contributed by atoms with Gasteiger partial charge in [-0.3, -0.25) is 4.79 Å². The predicted molar refractivity (Wildman–Crippen MR) is 120 cm³/mol. The van der Waals surface area contributed by atoms with Crippen LogP contribution in [-0.4, -0.2) is 25.0 Å². The van der Waals surface area contributed by atoms with Crippen LogP contribution in [0.5, 0.6) is 0 Å². The lowest BCUT2D eigenvalue weighted by Gasteiger charge is -2.13. The van der Waals surface area contributed by atoms with E-state index in [0.29, 0.717) is 12.5 Å². The number of hydrogen-bond donors (Lipinski definition) is 1. The SMILES string of the molecule is C=CC(=O)NCCCCCCCC(C)C.C=CC(=O)OCC(CC)CCCC. The van der Waals surface area contributed by atoms with Gasteiger partial charge in [0.2, 0.25) is 5.91 Å². The summed E-state index contributed by atoms with van der Waals surface area (Å²) in [6, 6.07) is 0. The highest BCUT2D eigenvalue weighted by atomic mass is 16.5. The molecule has 0 aliphatic rings. The van der Waals surface area contributed by atoms with Gasteiger partial charge in [-0.2, -0.15) is 0 Å². The van der Waals surface area contributed by atoms with Gasteiger partial charge < -0.3 is 10.1 Å². The molecule has 28 heavy (non-hydrogen) atoms. The maximum Gasteiger partial charge on any atom is 0.330 e. The van der Waals surface area contributed by atoms with Gasteiger partial charge in [-0.05, 0) is 30.8 Å². The first-order valence-corrected chi connectivity index (χ1v) is 11.1. The Morgan fingerprint density at radius 2 is 1.57 bits per heavy atom. The molecule has 0 saturated heterocycles. The molecule has 0 radical (unpaired) electrons. The Morgan fingerprint density at radius 1 is 0.929 bits per heavy atom. The van der Waals surface area contributed by atoms with Crippen LogP contribution in [0.2, 0.25) is 0 Å². The van der Waals surface area contributed by atoms with Gasteiger partial charge in [0.1, 0.15) is 0 Å². The van der Waals surface area contributed by atoms with Gasteiger partial charge in [0.15, 0.2) is 0 Å². The molecular formula is C24H45NO3. The van der Waals surface area contributed by atoms with Crippen molar-refractivity contribution in [3.63, 3.8) is 0 Å². The molecule has 0 heterocycles. The number of unbranched alkanes of at least 4 members (excludes halogenated alkanes) is 5. The van der Waals surface area contributed by atoms with Crippen LogP contribution in [0.4, 0.5) is 0 Å². The van der Waals surface area contributed by atoms with Crippen molar-refractivity contribution in [3.05, 3.63) is 25.3 Å². The number of carbonyl (C=O) groups is 2. The summed E-state index contributed by atoms with van der Waals surface area (Å²) in [5.41, 5.74) is 0. The molecule has 0 saturated carbocycles. The minimum Gasteiger partial charge on any atom is -0.462 e. The van der Waals surface area contributed by atoms with E-state index in [1.54, 1.807) is 0 Å². The van der Waals surface area contributed by atoms with Crippen LogP contribution in [0.15, 0.2) is 25.3 Å². The van der Waals surface area contributed by atoms with Gasteiger partial charge in [0.25, 0.3) is 0 Å². The smallest absolute Gasteiger partial charge is 0.330 e. The van der Waals surface area contributed by atoms with Crippen LogP contribution in [-0.2, 0) is 14.3 Å². The highest BCUT2D eigenvalue weighted by Crippen LogP contribution is 2.12. The molecular weight excluding hydrogens is 350 g/mol. The van der Waals surface area contributed by atoms with E-state index in [0.717, 1.165) is 31.7 Å². The lowest BCUT2D eigenvalue weighted by molar-refractivity contribution is -0.139. The van der Waals surface area contributed by atoms with Crippen molar-refractivity contribution in [3.8, 4) is 0 Å². The summed E-state index contributed by atoms with van der Waals surface area (Å²) >= 11 is 0. The van der Waals surface area contributed by atoms with Gasteiger partial charge in [-0.25, -0.2) is 4.79 Å². The first-order valence-electron chi connectivity index (χ1n) is 11.1. The average molecular weight is 396 g/mol. The third-order valence-corrected chi connectivity index (χ3v) is 4.61. The van der Waals surface area contributed by atoms with Crippen LogP contribution in [0, 0.1) is 11.8 Å². The fraction of sp³-hybridized carbons (Fsp3) is 0.750. The maximum absolute atomic E-state index is 10.8. The molecule has 0 aliphatic carbocycles. The Morgan fingerprint density at radius 3 is 2.11 bits per heavy atom. The van der Waals surface area contributed by atoms with E-state index >= 15 is 0 Å². The molecule has 0 aromatic carbocycles. The number of ether oxygens (including phenoxy) is 1. The standard InChI is InChI=1S/C13H25NO.C11H20O2/c1-4-13(15)14-11-9-7-5-6-8-10-12(2)3;1-4-7-8-10(5-2)9-13-11(12)6-3/h4,12H,1,5-11H2,2-3H3,(H,14,15);6,10H,3-5,7-9H2,1-2H3. The molecule has 0 aromatic heterocycles. The van der Waals surface area contributed by atoms with Crippen molar-refractivity contribution in [2.75, 3.05) is 13.2 Å². The normalized spacial score (nSPS) is 11.2. The molecule has 1 unspecified atom stereocenters. The molecule has 1 N–H and O–H groups in total. The fourth-order valence-corrected chi connectivity index (χ4v) is 2.65. The van der Waals surface area contributed by atoms with Crippen LogP contribution >= 0.6 is 0 Å². The Balaban J connectivity index is 0. The third-order valence-electron chi connectivity index (χ3n) is 4.61. The van der Waals surface area contributed by atoms with Gasteiger partial charge in [-0.15, -0.1) is 0 Å². The van der Waals surface area contributed by atoms with Crippen molar-refractivity contribution < 1.29 is 14.3 Å². The van der Waals surface area contributed by atoms with E-state index < -0.39 is 0 Å². The molecule has 0 aromatic rings. The Hall–Kier alpha value is -1.58. The van der Waals surface area contributed by atoms with E-state index in [4.69, 9.17) is 4.74 Å². The monoisotopic (exact) mass is 395 g/mol. The minimum atomic E-state index is -0.310. The fourth-order valence-electron chi connectivity index (χ4n) is 2.65. The van der Waals surface area contributed by atoms with Crippen molar-refractivity contribution in [1.82, 2.24) is 5.32 Å². The third kappa shape index (κ3) is 22.5. The van der Waals surface area contributed by atoms with Gasteiger partial charge in [-0.1, -0.05) is 92.2 Å². The highest BCUT2D eigenvalue weighted by Gasteiger charge is 2.07. The predicted octanol–water partition coefficient (Wildman–Crippen LogP) is 6.22. The summed E-state index contributed by atoms with van der Waals surface area (Å²) in [7, 11) is 0. The molecule has 1 amide bonds. The van der Waals surface area contributed by atoms with Crippen molar-refractivity contribution in [2.45, 2.75) is 91.9 Å². The molecule has 164 valence electrons. The summed E-state index contributed by atoms with van der Waals surface area (Å²) in [5, 5.41) is 2.78. The van der Waals surface area contributed by atoms with Crippen LogP contribution in [0.25, 0.3) is 0 Å². The first kappa shape index (κ1) is 28.6. The second-order valence-corrected chi connectivity index (χ2v) is 7.70. The zero-order chi connectivity index (χ0) is 21.6. The zero-order valence-electron chi connectivity index (χ0n) is 18.9. The number of rotatable bonds is 16. The van der Waals surface area contributed by atoms with Crippen molar-refractivity contribution in [1.29, 1.82) is 0 Å². The van der Waals surface area contributed by atoms with Crippen LogP contribution in [0.1, 0.15) is 91.9 Å². The van der Waals surface area contributed by atoms with E-state index in [2.05, 4.69) is 46.2 Å². The van der Waals surface area contributed by atoms with E-state index in [1.807, 2.05) is 0 Å². The van der Waals surface area contributed by atoms with E-state index in [9.17, 15) is 9.59 Å².